The molecule has 0 bridgehead atoms. The summed E-state index contributed by atoms with van der Waals surface area (Å²) in [6, 6.07) is 7.39. The quantitative estimate of drug-likeness (QED) is 0.609. The van der Waals surface area contributed by atoms with Crippen LogP contribution in [0.1, 0.15) is 17.4 Å². The molecule has 3 heteroatoms. The first-order valence-corrected chi connectivity index (χ1v) is 5.75. The average Bonchev–Trinajstić information content (AvgIpc) is 2.72. The van der Waals surface area contributed by atoms with Crippen LogP contribution >= 0.6 is 0 Å². The lowest BCUT2D eigenvalue weighted by molar-refractivity contribution is -0.112. The fourth-order valence-electron chi connectivity index (χ4n) is 1.96. The van der Waals surface area contributed by atoms with E-state index < -0.39 is 6.04 Å². The number of rotatable bonds is 4. The number of furan rings is 1. The number of aldehydes is 1. The third-order valence-electron chi connectivity index (χ3n) is 2.93. The highest BCUT2D eigenvalue weighted by molar-refractivity contribution is 5.80. The van der Waals surface area contributed by atoms with E-state index in [0.717, 1.165) is 22.8 Å². The van der Waals surface area contributed by atoms with Crippen molar-refractivity contribution in [2.75, 3.05) is 13.6 Å². The first-order chi connectivity index (χ1) is 8.65. The maximum atomic E-state index is 11.2. The van der Waals surface area contributed by atoms with Gasteiger partial charge < -0.3 is 9.21 Å². The Morgan fingerprint density at radius 3 is 2.94 bits per heavy atom. The predicted octanol–water partition coefficient (Wildman–Crippen LogP) is 2.55. The lowest BCUT2D eigenvalue weighted by atomic mass is 10.1. The van der Waals surface area contributed by atoms with Crippen LogP contribution in [0.25, 0.3) is 11.0 Å². The summed E-state index contributed by atoms with van der Waals surface area (Å²) in [6.45, 7) is 2.42. The van der Waals surface area contributed by atoms with E-state index in [4.69, 9.17) is 10.8 Å². The highest BCUT2D eigenvalue weighted by atomic mass is 16.3. The fourth-order valence-corrected chi connectivity index (χ4v) is 1.96. The largest absolute Gasteiger partial charge is 0.459 e. The molecular formula is C15H15NO2. The number of likely N-dealkylation sites (N-methyl/N-ethyl adjacent to an activating group) is 1. The van der Waals surface area contributed by atoms with Crippen LogP contribution in [0.4, 0.5) is 0 Å². The smallest absolute Gasteiger partial charge is 0.144 e. The molecule has 0 fully saturated rings. The average molecular weight is 241 g/mol. The molecule has 0 aliphatic rings. The van der Waals surface area contributed by atoms with E-state index in [1.807, 2.05) is 31.2 Å². The van der Waals surface area contributed by atoms with Gasteiger partial charge in [0.15, 0.2) is 0 Å². The maximum Gasteiger partial charge on any atom is 0.144 e. The first kappa shape index (κ1) is 12.4. The number of hydrogen-bond donors (Lipinski definition) is 0. The Kier molecular flexibility index (Phi) is 3.50. The molecule has 1 aromatic heterocycles. The van der Waals surface area contributed by atoms with Crippen LogP contribution in [0, 0.1) is 19.3 Å². The molecule has 0 radical (unpaired) electrons. The Morgan fingerprint density at radius 2 is 2.28 bits per heavy atom. The Labute approximate surface area is 106 Å². The molecule has 1 unspecified atom stereocenters. The van der Waals surface area contributed by atoms with Crippen LogP contribution in [-0.2, 0) is 4.79 Å². The van der Waals surface area contributed by atoms with Crippen molar-refractivity contribution in [3.05, 3.63) is 35.6 Å². The van der Waals surface area contributed by atoms with Gasteiger partial charge in [0.05, 0.1) is 6.54 Å². The summed E-state index contributed by atoms with van der Waals surface area (Å²) < 4.78 is 5.70. The molecule has 0 saturated heterocycles. The van der Waals surface area contributed by atoms with Crippen LogP contribution in [0.3, 0.4) is 0 Å². The SMILES string of the molecule is C#CCN(C)C(C=O)c1cc2cc(C)ccc2o1. The first-order valence-electron chi connectivity index (χ1n) is 5.75. The monoisotopic (exact) mass is 241 g/mol. The van der Waals surface area contributed by atoms with Crippen LogP contribution in [0.2, 0.25) is 0 Å². The van der Waals surface area contributed by atoms with E-state index in [0.29, 0.717) is 12.3 Å². The summed E-state index contributed by atoms with van der Waals surface area (Å²) in [7, 11) is 1.80. The van der Waals surface area contributed by atoms with Crippen molar-refractivity contribution in [1.29, 1.82) is 0 Å². The fraction of sp³-hybridized carbons (Fsp3) is 0.267. The summed E-state index contributed by atoms with van der Waals surface area (Å²) in [6.07, 6.45) is 6.11. The lowest BCUT2D eigenvalue weighted by Crippen LogP contribution is -2.25. The van der Waals surface area contributed by atoms with Crippen molar-refractivity contribution < 1.29 is 9.21 Å². The second-order valence-electron chi connectivity index (χ2n) is 4.39. The number of terminal acetylenes is 1. The zero-order valence-corrected chi connectivity index (χ0v) is 10.5. The number of hydrogen-bond acceptors (Lipinski definition) is 3. The molecule has 1 heterocycles. The third kappa shape index (κ3) is 2.29. The van der Waals surface area contributed by atoms with E-state index in [1.165, 1.54) is 0 Å². The second-order valence-corrected chi connectivity index (χ2v) is 4.39. The molecule has 0 amide bonds. The highest BCUT2D eigenvalue weighted by Crippen LogP contribution is 2.26. The summed E-state index contributed by atoms with van der Waals surface area (Å²) in [5, 5.41) is 1.01. The van der Waals surface area contributed by atoms with Crippen molar-refractivity contribution >= 4 is 17.3 Å². The van der Waals surface area contributed by atoms with Gasteiger partial charge in [0.2, 0.25) is 0 Å². The number of nitrogens with zero attached hydrogens (tertiary/aromatic N) is 1. The van der Waals surface area contributed by atoms with Crippen LogP contribution < -0.4 is 0 Å². The second kappa shape index (κ2) is 5.07. The molecule has 1 aromatic carbocycles. The zero-order valence-electron chi connectivity index (χ0n) is 10.5. The summed E-state index contributed by atoms with van der Waals surface area (Å²) >= 11 is 0. The van der Waals surface area contributed by atoms with Crippen molar-refractivity contribution in [3.63, 3.8) is 0 Å². The van der Waals surface area contributed by atoms with Gasteiger partial charge in [0.1, 0.15) is 23.7 Å². The Morgan fingerprint density at radius 1 is 1.50 bits per heavy atom. The van der Waals surface area contributed by atoms with E-state index in [2.05, 4.69) is 5.92 Å². The molecule has 3 nitrogen and oxygen atoms in total. The van der Waals surface area contributed by atoms with E-state index in [-0.39, 0.29) is 0 Å². The predicted molar refractivity (Wildman–Crippen MR) is 71.2 cm³/mol. The molecule has 2 aromatic rings. The van der Waals surface area contributed by atoms with Gasteiger partial charge in [-0.2, -0.15) is 0 Å². The summed E-state index contributed by atoms with van der Waals surface area (Å²) in [5.74, 6) is 3.15. The van der Waals surface area contributed by atoms with Crippen LogP contribution in [-0.4, -0.2) is 24.8 Å². The molecule has 1 atom stereocenters. The van der Waals surface area contributed by atoms with E-state index in [1.54, 1.807) is 11.9 Å². The van der Waals surface area contributed by atoms with Gasteiger partial charge in [-0.05, 0) is 32.2 Å². The molecule has 18 heavy (non-hydrogen) atoms. The number of carbonyl (C=O) groups excluding carboxylic acids is 1. The minimum absolute atomic E-state index is 0.402. The molecule has 0 spiro atoms. The zero-order chi connectivity index (χ0) is 13.1. The van der Waals surface area contributed by atoms with Crippen LogP contribution in [0.5, 0.6) is 0 Å². The maximum absolute atomic E-state index is 11.2. The van der Waals surface area contributed by atoms with Gasteiger partial charge in [-0.15, -0.1) is 6.42 Å². The lowest BCUT2D eigenvalue weighted by Gasteiger charge is -2.18. The van der Waals surface area contributed by atoms with Gasteiger partial charge in [-0.3, -0.25) is 4.90 Å². The molecule has 2 rings (SSSR count). The standard InChI is InChI=1S/C15H15NO2/c1-4-7-16(3)13(10-17)15-9-12-8-11(2)5-6-14(12)18-15/h1,5-6,8-10,13H,7H2,2-3H3. The molecular weight excluding hydrogens is 226 g/mol. The van der Waals surface area contributed by atoms with Gasteiger partial charge in [-0.1, -0.05) is 17.6 Å². The van der Waals surface area contributed by atoms with Crippen molar-refractivity contribution in [3.8, 4) is 12.3 Å². The van der Waals surface area contributed by atoms with Crippen molar-refractivity contribution in [2.45, 2.75) is 13.0 Å². The Balaban J connectivity index is 2.40. The van der Waals surface area contributed by atoms with E-state index >= 15 is 0 Å². The van der Waals surface area contributed by atoms with E-state index in [9.17, 15) is 4.79 Å². The topological polar surface area (TPSA) is 33.5 Å². The van der Waals surface area contributed by atoms with Crippen LogP contribution in [0.15, 0.2) is 28.7 Å². The highest BCUT2D eigenvalue weighted by Gasteiger charge is 2.19. The molecule has 0 aliphatic heterocycles. The van der Waals surface area contributed by atoms with Gasteiger partial charge in [0.25, 0.3) is 0 Å². The van der Waals surface area contributed by atoms with Gasteiger partial charge >= 0.3 is 0 Å². The van der Waals surface area contributed by atoms with Gasteiger partial charge in [-0.25, -0.2) is 0 Å². The van der Waals surface area contributed by atoms with Gasteiger partial charge in [0, 0.05) is 5.39 Å². The summed E-state index contributed by atoms with van der Waals surface area (Å²) in [4.78, 5) is 13.0. The molecule has 0 N–H and O–H groups in total. The molecule has 0 saturated carbocycles. The molecule has 92 valence electrons. The minimum atomic E-state index is -0.436. The van der Waals surface area contributed by atoms with Crippen molar-refractivity contribution in [2.24, 2.45) is 0 Å². The third-order valence-corrected chi connectivity index (χ3v) is 2.93. The number of aryl methyl sites for hydroxylation is 1. The van der Waals surface area contributed by atoms with Crippen molar-refractivity contribution in [1.82, 2.24) is 4.90 Å². The summed E-state index contributed by atoms with van der Waals surface area (Å²) in [5.41, 5.74) is 1.95. The minimum Gasteiger partial charge on any atom is -0.459 e. The molecule has 0 aliphatic carbocycles. The Bertz CT molecular complexity index is 606. The number of carbonyl (C=O) groups is 1. The Hall–Kier alpha value is -2.05. The normalized spacial score (nSPS) is 12.6. The number of fused-ring (bicyclic) bond motifs is 1. The number of benzene rings is 1.